The normalized spacial score (nSPS) is 10.9. The molecule has 0 aliphatic carbocycles. The summed E-state index contributed by atoms with van der Waals surface area (Å²) in [4.78, 5) is 12.6. The van der Waals surface area contributed by atoms with Crippen molar-refractivity contribution >= 4 is 34.0 Å². The molecule has 5 heteroatoms. The zero-order valence-corrected chi connectivity index (χ0v) is 10.3. The fourth-order valence-corrected chi connectivity index (χ4v) is 2.87. The van der Waals surface area contributed by atoms with E-state index in [4.69, 9.17) is 11.5 Å². The third-order valence-corrected chi connectivity index (χ3v) is 3.77. The molecule has 0 atom stereocenters. The summed E-state index contributed by atoms with van der Waals surface area (Å²) in [5, 5.41) is 2.83. The number of aromatic nitrogens is 1. The summed E-state index contributed by atoms with van der Waals surface area (Å²) >= 11 is 1.50. The van der Waals surface area contributed by atoms with E-state index in [0.717, 1.165) is 21.5 Å². The molecule has 4 N–H and O–H groups in total. The van der Waals surface area contributed by atoms with E-state index in [9.17, 15) is 4.79 Å². The Morgan fingerprint density at radius 3 is 2.67 bits per heavy atom. The van der Waals surface area contributed by atoms with Crippen LogP contribution in [0.2, 0.25) is 0 Å². The highest BCUT2D eigenvalue weighted by molar-refractivity contribution is 7.14. The van der Waals surface area contributed by atoms with Crippen molar-refractivity contribution in [2.24, 2.45) is 5.73 Å². The lowest BCUT2D eigenvalue weighted by Crippen LogP contribution is -2.19. The zero-order valence-electron chi connectivity index (χ0n) is 9.46. The number of thiophene rings is 1. The molecule has 3 rings (SSSR count). The van der Waals surface area contributed by atoms with Gasteiger partial charge < -0.3 is 11.5 Å². The molecule has 0 saturated carbocycles. The number of nitrogens with zero attached hydrogens (tertiary/aromatic N) is 1. The molecule has 0 aliphatic rings. The van der Waals surface area contributed by atoms with Crippen molar-refractivity contribution in [3.8, 4) is 10.6 Å². The number of nitrogen functional groups attached to an aromatic ring is 1. The van der Waals surface area contributed by atoms with Gasteiger partial charge in [0.2, 0.25) is 0 Å². The van der Waals surface area contributed by atoms with Crippen LogP contribution in [-0.2, 0) is 0 Å². The number of rotatable bonds is 1. The lowest BCUT2D eigenvalue weighted by atomic mass is 10.2. The van der Waals surface area contributed by atoms with Crippen molar-refractivity contribution < 1.29 is 4.79 Å². The first kappa shape index (κ1) is 10.9. The summed E-state index contributed by atoms with van der Waals surface area (Å²) < 4.78 is 1.51. The average molecular weight is 257 g/mol. The van der Waals surface area contributed by atoms with E-state index in [2.05, 4.69) is 0 Å². The van der Waals surface area contributed by atoms with Crippen LogP contribution in [0.25, 0.3) is 21.5 Å². The largest absolute Gasteiger partial charge is 0.398 e. The Bertz CT molecular complexity index is 742. The van der Waals surface area contributed by atoms with Crippen LogP contribution in [0.15, 0.2) is 41.8 Å². The predicted molar refractivity (Wildman–Crippen MR) is 74.6 cm³/mol. The van der Waals surface area contributed by atoms with Gasteiger partial charge in [-0.2, -0.15) is 0 Å². The number of amides is 1. The Morgan fingerprint density at radius 2 is 2.00 bits per heavy atom. The van der Waals surface area contributed by atoms with E-state index < -0.39 is 6.03 Å². The highest BCUT2D eigenvalue weighted by Crippen LogP contribution is 2.32. The van der Waals surface area contributed by atoms with Gasteiger partial charge in [-0.25, -0.2) is 4.79 Å². The van der Waals surface area contributed by atoms with Gasteiger partial charge in [0.05, 0.1) is 16.1 Å². The fraction of sp³-hybridized carbons (Fsp3) is 0. The van der Waals surface area contributed by atoms with Gasteiger partial charge in [0.15, 0.2) is 0 Å². The molecule has 2 heterocycles. The van der Waals surface area contributed by atoms with Gasteiger partial charge in [-0.3, -0.25) is 4.57 Å². The van der Waals surface area contributed by atoms with Crippen LogP contribution in [0.3, 0.4) is 0 Å². The van der Waals surface area contributed by atoms with Crippen LogP contribution in [0.1, 0.15) is 0 Å². The van der Waals surface area contributed by atoms with Crippen LogP contribution >= 0.6 is 11.3 Å². The van der Waals surface area contributed by atoms with Crippen LogP contribution in [0.4, 0.5) is 10.5 Å². The van der Waals surface area contributed by atoms with Gasteiger partial charge in [-0.15, -0.1) is 11.3 Å². The molecular formula is C13H11N3OS. The molecule has 0 aliphatic heterocycles. The third-order valence-electron chi connectivity index (χ3n) is 2.80. The smallest absolute Gasteiger partial charge is 0.323 e. The van der Waals surface area contributed by atoms with Gasteiger partial charge in [0.25, 0.3) is 0 Å². The molecule has 18 heavy (non-hydrogen) atoms. The molecule has 1 amide bonds. The quantitative estimate of drug-likeness (QED) is 0.703. The minimum Gasteiger partial charge on any atom is -0.398 e. The second-order valence-corrected chi connectivity index (χ2v) is 4.92. The van der Waals surface area contributed by atoms with Crippen molar-refractivity contribution in [1.82, 2.24) is 4.57 Å². The number of hydrogen-bond donors (Lipinski definition) is 2. The Hall–Kier alpha value is -2.27. The van der Waals surface area contributed by atoms with E-state index in [1.165, 1.54) is 15.9 Å². The second-order valence-electron chi connectivity index (χ2n) is 4.01. The summed E-state index contributed by atoms with van der Waals surface area (Å²) in [6.45, 7) is 0. The number of primary amides is 1. The summed E-state index contributed by atoms with van der Waals surface area (Å²) in [6, 6.07) is 11.0. The number of carbonyl (C=O) groups excluding carboxylic acids is 1. The molecular weight excluding hydrogens is 246 g/mol. The molecule has 90 valence electrons. The molecule has 1 aromatic carbocycles. The summed E-state index contributed by atoms with van der Waals surface area (Å²) in [5.41, 5.74) is 13.5. The van der Waals surface area contributed by atoms with E-state index in [1.807, 2.05) is 41.8 Å². The van der Waals surface area contributed by atoms with Crippen LogP contribution in [0, 0.1) is 0 Å². The van der Waals surface area contributed by atoms with Gasteiger partial charge in [0.1, 0.15) is 0 Å². The maximum Gasteiger partial charge on any atom is 0.323 e. The SMILES string of the molecule is NC(=O)n1c(-c2cc(N)cs2)cc2ccccc21. The monoisotopic (exact) mass is 257 g/mol. The molecule has 0 spiro atoms. The number of nitrogens with two attached hydrogens (primary N) is 2. The average Bonchev–Trinajstić information content (AvgIpc) is 2.91. The van der Waals surface area contributed by atoms with E-state index in [1.54, 1.807) is 0 Å². The molecule has 0 unspecified atom stereocenters. The lowest BCUT2D eigenvalue weighted by Gasteiger charge is -2.03. The molecule has 0 radical (unpaired) electrons. The number of carbonyl (C=O) groups is 1. The summed E-state index contributed by atoms with van der Waals surface area (Å²) in [6.07, 6.45) is 0. The first-order valence-electron chi connectivity index (χ1n) is 5.41. The maximum absolute atomic E-state index is 11.6. The first-order valence-corrected chi connectivity index (χ1v) is 6.29. The van der Waals surface area contributed by atoms with Crippen molar-refractivity contribution in [3.05, 3.63) is 41.8 Å². The van der Waals surface area contributed by atoms with Crippen molar-refractivity contribution in [1.29, 1.82) is 0 Å². The minimum atomic E-state index is -0.488. The Balaban J connectivity index is 2.34. The predicted octanol–water partition coefficient (Wildman–Crippen LogP) is 2.88. The molecule has 0 fully saturated rings. The van der Waals surface area contributed by atoms with Crippen molar-refractivity contribution in [2.75, 3.05) is 5.73 Å². The van der Waals surface area contributed by atoms with E-state index in [-0.39, 0.29) is 0 Å². The number of para-hydroxylation sites is 1. The van der Waals surface area contributed by atoms with Crippen LogP contribution in [0.5, 0.6) is 0 Å². The Morgan fingerprint density at radius 1 is 1.22 bits per heavy atom. The van der Waals surface area contributed by atoms with Gasteiger partial charge >= 0.3 is 6.03 Å². The summed E-state index contributed by atoms with van der Waals surface area (Å²) in [7, 11) is 0. The molecule has 2 aromatic heterocycles. The number of fused-ring (bicyclic) bond motifs is 1. The second kappa shape index (κ2) is 3.89. The number of hydrogen-bond acceptors (Lipinski definition) is 3. The van der Waals surface area contributed by atoms with Crippen LogP contribution in [-0.4, -0.2) is 10.6 Å². The van der Waals surface area contributed by atoms with E-state index >= 15 is 0 Å². The molecule has 3 aromatic rings. The highest BCUT2D eigenvalue weighted by Gasteiger charge is 2.15. The Kier molecular flexibility index (Phi) is 2.34. The summed E-state index contributed by atoms with van der Waals surface area (Å²) in [5.74, 6) is 0. The molecule has 0 saturated heterocycles. The van der Waals surface area contributed by atoms with E-state index in [0.29, 0.717) is 5.69 Å². The van der Waals surface area contributed by atoms with Crippen molar-refractivity contribution in [3.63, 3.8) is 0 Å². The third kappa shape index (κ3) is 1.56. The first-order chi connectivity index (χ1) is 8.66. The maximum atomic E-state index is 11.6. The van der Waals surface area contributed by atoms with Gasteiger partial charge in [-0.1, -0.05) is 18.2 Å². The molecule has 4 nitrogen and oxygen atoms in total. The van der Waals surface area contributed by atoms with Gasteiger partial charge in [-0.05, 0) is 18.2 Å². The minimum absolute atomic E-state index is 0.488. The highest BCUT2D eigenvalue weighted by atomic mass is 32.1. The van der Waals surface area contributed by atoms with Gasteiger partial charge in [0, 0.05) is 16.5 Å². The van der Waals surface area contributed by atoms with Crippen molar-refractivity contribution in [2.45, 2.75) is 0 Å². The number of benzene rings is 1. The molecule has 0 bridgehead atoms. The lowest BCUT2D eigenvalue weighted by molar-refractivity contribution is 0.251. The topological polar surface area (TPSA) is 74.0 Å². The zero-order chi connectivity index (χ0) is 12.7. The standard InChI is InChI=1S/C13H11N3OS/c14-9-6-12(18-7-9)11-5-8-3-1-2-4-10(8)16(11)13(15)17/h1-7H,14H2,(H2,15,17). The fourth-order valence-electron chi connectivity index (χ4n) is 2.06. The Labute approximate surface area is 107 Å². The van der Waals surface area contributed by atoms with Crippen LogP contribution < -0.4 is 11.5 Å². The number of anilines is 1.